The average molecular weight is 297 g/mol. The van der Waals surface area contributed by atoms with Gasteiger partial charge in [-0.1, -0.05) is 17.7 Å². The molecule has 3 nitrogen and oxygen atoms in total. The maximum absolute atomic E-state index is 10.1. The van der Waals surface area contributed by atoms with E-state index in [1.165, 1.54) is 5.56 Å². The molecule has 0 saturated carbocycles. The quantitative estimate of drug-likeness (QED) is 0.911. The molecule has 2 unspecified atom stereocenters. The molecule has 0 amide bonds. The number of fused-ring (bicyclic) bond motifs is 1. The number of rotatable bonds is 2. The molecular formula is C16H21ClO3. The first-order chi connectivity index (χ1) is 9.56. The monoisotopic (exact) mass is 296 g/mol. The van der Waals surface area contributed by atoms with Gasteiger partial charge in [0.25, 0.3) is 0 Å². The minimum Gasteiger partial charge on any atom is -0.395 e. The van der Waals surface area contributed by atoms with Gasteiger partial charge in [-0.2, -0.15) is 0 Å². The SMILES string of the molecule is CC1OC([C@]2(CO)CCCc3cc(Cl)ccc32)OC1C. The molecule has 0 bridgehead atoms. The van der Waals surface area contributed by atoms with E-state index in [1.807, 2.05) is 32.0 Å². The van der Waals surface area contributed by atoms with Crippen LogP contribution in [-0.4, -0.2) is 30.2 Å². The third-order valence-corrected chi connectivity index (χ3v) is 4.98. The molecule has 1 saturated heterocycles. The Bertz CT molecular complexity index is 494. The molecule has 1 aliphatic carbocycles. The van der Waals surface area contributed by atoms with Gasteiger partial charge < -0.3 is 14.6 Å². The summed E-state index contributed by atoms with van der Waals surface area (Å²) in [4.78, 5) is 0. The van der Waals surface area contributed by atoms with Crippen LogP contribution in [-0.2, 0) is 21.3 Å². The van der Waals surface area contributed by atoms with Gasteiger partial charge in [0.2, 0.25) is 0 Å². The fourth-order valence-electron chi connectivity index (χ4n) is 3.37. The minimum atomic E-state index is -0.461. The predicted molar refractivity (Wildman–Crippen MR) is 78.0 cm³/mol. The molecule has 0 aromatic heterocycles. The highest BCUT2D eigenvalue weighted by atomic mass is 35.5. The molecule has 1 fully saturated rings. The molecular weight excluding hydrogens is 276 g/mol. The topological polar surface area (TPSA) is 38.7 Å². The third kappa shape index (κ3) is 2.17. The Morgan fingerprint density at radius 2 is 2.00 bits per heavy atom. The molecule has 0 spiro atoms. The summed E-state index contributed by atoms with van der Waals surface area (Å²) in [6.45, 7) is 4.06. The lowest BCUT2D eigenvalue weighted by atomic mass is 9.70. The molecule has 1 aromatic carbocycles. The molecule has 20 heavy (non-hydrogen) atoms. The number of aliphatic hydroxyl groups is 1. The van der Waals surface area contributed by atoms with Crippen LogP contribution in [0.4, 0.5) is 0 Å². The highest BCUT2D eigenvalue weighted by Gasteiger charge is 2.49. The van der Waals surface area contributed by atoms with Gasteiger partial charge in [-0.25, -0.2) is 0 Å². The fraction of sp³-hybridized carbons (Fsp3) is 0.625. The predicted octanol–water partition coefficient (Wildman–Crippen LogP) is 3.06. The average Bonchev–Trinajstić information content (AvgIpc) is 2.78. The van der Waals surface area contributed by atoms with Crippen LogP contribution < -0.4 is 0 Å². The minimum absolute atomic E-state index is 0.0335. The van der Waals surface area contributed by atoms with Crippen molar-refractivity contribution in [3.8, 4) is 0 Å². The van der Waals surface area contributed by atoms with Gasteiger partial charge in [-0.05, 0) is 56.4 Å². The molecule has 4 heteroatoms. The Kier molecular flexibility index (Phi) is 3.80. The molecule has 1 aromatic rings. The summed E-state index contributed by atoms with van der Waals surface area (Å²) in [5, 5.41) is 10.8. The molecule has 3 atom stereocenters. The van der Waals surface area contributed by atoms with Crippen LogP contribution in [0.25, 0.3) is 0 Å². The maximum Gasteiger partial charge on any atom is 0.170 e. The Morgan fingerprint density at radius 3 is 2.65 bits per heavy atom. The van der Waals surface area contributed by atoms with Gasteiger partial charge in [0.15, 0.2) is 6.29 Å². The normalized spacial score (nSPS) is 36.9. The van der Waals surface area contributed by atoms with Crippen LogP contribution in [0.1, 0.15) is 37.8 Å². The van der Waals surface area contributed by atoms with Crippen molar-refractivity contribution in [1.82, 2.24) is 0 Å². The number of aryl methyl sites for hydroxylation is 1. The van der Waals surface area contributed by atoms with Crippen molar-refractivity contribution in [3.63, 3.8) is 0 Å². The first-order valence-electron chi connectivity index (χ1n) is 7.27. The van der Waals surface area contributed by atoms with Crippen molar-refractivity contribution in [2.24, 2.45) is 0 Å². The number of hydrogen-bond donors (Lipinski definition) is 1. The summed E-state index contributed by atoms with van der Waals surface area (Å²) in [5.41, 5.74) is 1.87. The van der Waals surface area contributed by atoms with Crippen LogP contribution in [0.3, 0.4) is 0 Å². The number of halogens is 1. The lowest BCUT2D eigenvalue weighted by Crippen LogP contribution is -2.46. The van der Waals surface area contributed by atoms with Gasteiger partial charge in [0, 0.05) is 5.02 Å². The summed E-state index contributed by atoms with van der Waals surface area (Å²) in [7, 11) is 0. The van der Waals surface area contributed by atoms with Gasteiger partial charge in [0.05, 0.1) is 24.2 Å². The summed E-state index contributed by atoms with van der Waals surface area (Å²) in [6.07, 6.45) is 2.62. The second-order valence-electron chi connectivity index (χ2n) is 5.98. The largest absolute Gasteiger partial charge is 0.395 e. The zero-order valence-electron chi connectivity index (χ0n) is 11.9. The summed E-state index contributed by atoms with van der Waals surface area (Å²) >= 11 is 6.09. The van der Waals surface area contributed by atoms with Crippen molar-refractivity contribution in [3.05, 3.63) is 34.3 Å². The van der Waals surface area contributed by atoms with Crippen LogP contribution in [0.2, 0.25) is 5.02 Å². The Hall–Kier alpha value is -0.610. The lowest BCUT2D eigenvalue weighted by molar-refractivity contribution is -0.133. The van der Waals surface area contributed by atoms with Crippen molar-refractivity contribution >= 4 is 11.6 Å². The molecule has 1 aliphatic heterocycles. The second-order valence-corrected chi connectivity index (χ2v) is 6.42. The highest BCUT2D eigenvalue weighted by molar-refractivity contribution is 6.30. The van der Waals surface area contributed by atoms with Gasteiger partial charge >= 0.3 is 0 Å². The van der Waals surface area contributed by atoms with E-state index in [0.29, 0.717) is 0 Å². The van der Waals surface area contributed by atoms with E-state index in [4.69, 9.17) is 21.1 Å². The van der Waals surface area contributed by atoms with E-state index in [1.54, 1.807) is 0 Å². The maximum atomic E-state index is 10.1. The summed E-state index contributed by atoms with van der Waals surface area (Å²) < 4.78 is 12.0. The van der Waals surface area contributed by atoms with Gasteiger partial charge in [-0.3, -0.25) is 0 Å². The standard InChI is InChI=1S/C16H21ClO3/c1-10-11(2)20-15(19-10)16(9-18)7-3-4-12-8-13(17)5-6-14(12)16/h5-6,8,10-11,15,18H,3-4,7,9H2,1-2H3/t10?,11?,15?,16-/m0/s1. The Morgan fingerprint density at radius 1 is 1.30 bits per heavy atom. The summed E-state index contributed by atoms with van der Waals surface area (Å²) in [6, 6.07) is 5.91. The molecule has 1 heterocycles. The fourth-order valence-corrected chi connectivity index (χ4v) is 3.57. The zero-order valence-corrected chi connectivity index (χ0v) is 12.7. The van der Waals surface area contributed by atoms with Crippen LogP contribution >= 0.6 is 11.6 Å². The Balaban J connectivity index is 2.02. The first-order valence-corrected chi connectivity index (χ1v) is 7.65. The molecule has 2 aliphatic rings. The van der Waals surface area contributed by atoms with Crippen molar-refractivity contribution < 1.29 is 14.6 Å². The van der Waals surface area contributed by atoms with Crippen molar-refractivity contribution in [2.45, 2.75) is 57.0 Å². The number of hydrogen-bond acceptors (Lipinski definition) is 3. The van der Waals surface area contributed by atoms with Crippen LogP contribution in [0.15, 0.2) is 18.2 Å². The zero-order chi connectivity index (χ0) is 14.3. The van der Waals surface area contributed by atoms with E-state index >= 15 is 0 Å². The number of benzene rings is 1. The van der Waals surface area contributed by atoms with E-state index in [9.17, 15) is 5.11 Å². The molecule has 110 valence electrons. The highest BCUT2D eigenvalue weighted by Crippen LogP contribution is 2.44. The molecule has 1 N–H and O–H groups in total. The van der Waals surface area contributed by atoms with E-state index < -0.39 is 5.41 Å². The van der Waals surface area contributed by atoms with Crippen LogP contribution in [0.5, 0.6) is 0 Å². The first kappa shape index (κ1) is 14.3. The lowest BCUT2D eigenvalue weighted by Gasteiger charge is -2.41. The van der Waals surface area contributed by atoms with Gasteiger partial charge in [0.1, 0.15) is 0 Å². The second kappa shape index (κ2) is 5.30. The van der Waals surface area contributed by atoms with E-state index in [-0.39, 0.29) is 25.1 Å². The smallest absolute Gasteiger partial charge is 0.170 e. The summed E-state index contributed by atoms with van der Waals surface area (Å²) in [5.74, 6) is 0. The number of ether oxygens (including phenoxy) is 2. The number of aliphatic hydroxyl groups excluding tert-OH is 1. The van der Waals surface area contributed by atoms with Crippen molar-refractivity contribution in [1.29, 1.82) is 0 Å². The van der Waals surface area contributed by atoms with Crippen LogP contribution in [0, 0.1) is 0 Å². The molecule has 3 rings (SSSR count). The third-order valence-electron chi connectivity index (χ3n) is 4.74. The Labute approximate surface area is 124 Å². The van der Waals surface area contributed by atoms with Crippen molar-refractivity contribution in [2.75, 3.05) is 6.61 Å². The molecule has 0 radical (unpaired) electrons. The van der Waals surface area contributed by atoms with E-state index in [0.717, 1.165) is 29.8 Å². The van der Waals surface area contributed by atoms with E-state index in [2.05, 4.69) is 0 Å². The van der Waals surface area contributed by atoms with Gasteiger partial charge in [-0.15, -0.1) is 0 Å².